The van der Waals surface area contributed by atoms with E-state index in [1.165, 1.54) is 4.68 Å². The number of rotatable bonds is 5. The van der Waals surface area contributed by atoms with Gasteiger partial charge in [-0.1, -0.05) is 33.8 Å². The predicted molar refractivity (Wildman–Crippen MR) is 106 cm³/mol. The molecule has 1 aliphatic rings. The van der Waals surface area contributed by atoms with Crippen molar-refractivity contribution in [3.63, 3.8) is 0 Å². The van der Waals surface area contributed by atoms with Crippen molar-refractivity contribution in [3.05, 3.63) is 39.8 Å². The number of aromatic nitrogens is 2. The molecule has 1 aromatic carbocycles. The number of hydrogen-bond donors (Lipinski definition) is 2. The maximum absolute atomic E-state index is 12.9. The molecule has 0 bridgehead atoms. The van der Waals surface area contributed by atoms with Crippen LogP contribution < -0.4 is 10.9 Å². The molecular weight excluding hydrogens is 342 g/mol. The molecule has 146 valence electrons. The lowest BCUT2D eigenvalue weighted by molar-refractivity contribution is -0.125. The van der Waals surface area contributed by atoms with Crippen molar-refractivity contribution in [2.75, 3.05) is 0 Å². The van der Waals surface area contributed by atoms with Crippen LogP contribution in [-0.2, 0) is 11.3 Å². The third kappa shape index (κ3) is 4.05. The first kappa shape index (κ1) is 19.5. The topological polar surface area (TPSA) is 84.2 Å². The van der Waals surface area contributed by atoms with Crippen LogP contribution in [0, 0.1) is 0 Å². The van der Waals surface area contributed by atoms with E-state index in [0.717, 1.165) is 16.6 Å². The molecule has 0 spiro atoms. The van der Waals surface area contributed by atoms with Crippen LogP contribution in [0.2, 0.25) is 0 Å². The van der Waals surface area contributed by atoms with E-state index >= 15 is 0 Å². The Bertz CT molecular complexity index is 920. The molecule has 6 nitrogen and oxygen atoms in total. The van der Waals surface area contributed by atoms with Crippen LogP contribution in [0.15, 0.2) is 23.0 Å². The van der Waals surface area contributed by atoms with Crippen LogP contribution >= 0.6 is 0 Å². The second-order valence-corrected chi connectivity index (χ2v) is 8.63. The zero-order valence-electron chi connectivity index (χ0n) is 16.7. The van der Waals surface area contributed by atoms with E-state index < -0.39 is 5.60 Å². The van der Waals surface area contributed by atoms with Crippen LogP contribution in [0.25, 0.3) is 10.8 Å². The van der Waals surface area contributed by atoms with Gasteiger partial charge in [-0.3, -0.25) is 9.59 Å². The largest absolute Gasteiger partial charge is 0.390 e. The van der Waals surface area contributed by atoms with Crippen LogP contribution in [-0.4, -0.2) is 32.4 Å². The fourth-order valence-corrected chi connectivity index (χ4v) is 3.73. The quantitative estimate of drug-likeness (QED) is 0.846. The van der Waals surface area contributed by atoms with E-state index in [-0.39, 0.29) is 30.0 Å². The standard InChI is InChI=1S/C21H29N3O3/c1-12(2)14-6-7-16-17(8-14)19(13(3)4)23-24(20(16)26)11-18(25)22-15-9-21(5,27)10-15/h6-8,12-13,15,27H,9-11H2,1-5H3,(H,22,25)/t15-,21+. The molecule has 1 aliphatic carbocycles. The maximum atomic E-state index is 12.9. The van der Waals surface area contributed by atoms with E-state index in [4.69, 9.17) is 0 Å². The summed E-state index contributed by atoms with van der Waals surface area (Å²) in [5.41, 5.74) is 1.04. The first-order chi connectivity index (χ1) is 12.6. The van der Waals surface area contributed by atoms with Gasteiger partial charge in [-0.2, -0.15) is 5.10 Å². The third-order valence-electron chi connectivity index (χ3n) is 5.26. The molecule has 1 fully saturated rings. The summed E-state index contributed by atoms with van der Waals surface area (Å²) in [6, 6.07) is 5.82. The summed E-state index contributed by atoms with van der Waals surface area (Å²) < 4.78 is 1.26. The summed E-state index contributed by atoms with van der Waals surface area (Å²) in [6.07, 6.45) is 1.07. The summed E-state index contributed by atoms with van der Waals surface area (Å²) in [4.78, 5) is 25.2. The van der Waals surface area contributed by atoms with E-state index in [9.17, 15) is 14.7 Å². The van der Waals surface area contributed by atoms with Crippen molar-refractivity contribution in [3.8, 4) is 0 Å². The Labute approximate surface area is 159 Å². The van der Waals surface area contributed by atoms with Gasteiger partial charge < -0.3 is 10.4 Å². The van der Waals surface area contributed by atoms with Gasteiger partial charge in [0.2, 0.25) is 5.91 Å². The van der Waals surface area contributed by atoms with Gasteiger partial charge in [0.05, 0.1) is 16.7 Å². The fraction of sp³-hybridized carbons (Fsp3) is 0.571. The van der Waals surface area contributed by atoms with E-state index in [1.54, 1.807) is 6.92 Å². The Kier molecular flexibility index (Phi) is 5.12. The monoisotopic (exact) mass is 371 g/mol. The predicted octanol–water partition coefficient (Wildman–Crippen LogP) is 2.67. The number of nitrogens with one attached hydrogen (secondary N) is 1. The number of aliphatic hydroxyl groups is 1. The van der Waals surface area contributed by atoms with Crippen molar-refractivity contribution in [1.29, 1.82) is 0 Å². The first-order valence-corrected chi connectivity index (χ1v) is 9.64. The van der Waals surface area contributed by atoms with Gasteiger partial charge in [-0.15, -0.1) is 0 Å². The minimum absolute atomic E-state index is 0.0400. The summed E-state index contributed by atoms with van der Waals surface area (Å²) in [5.74, 6) is 0.242. The smallest absolute Gasteiger partial charge is 0.275 e. The van der Waals surface area contributed by atoms with Crippen LogP contribution in [0.4, 0.5) is 0 Å². The molecule has 0 unspecified atom stereocenters. The van der Waals surface area contributed by atoms with Gasteiger partial charge in [0, 0.05) is 11.4 Å². The number of hydrogen-bond acceptors (Lipinski definition) is 4. The molecule has 0 aliphatic heterocycles. The van der Waals surface area contributed by atoms with Gasteiger partial charge in [-0.25, -0.2) is 4.68 Å². The molecule has 0 saturated heterocycles. The Balaban J connectivity index is 1.92. The van der Waals surface area contributed by atoms with Crippen LogP contribution in [0.1, 0.15) is 70.6 Å². The highest BCUT2D eigenvalue weighted by Gasteiger charge is 2.39. The number of benzene rings is 1. The molecule has 1 amide bonds. The molecule has 3 rings (SSSR count). The van der Waals surface area contributed by atoms with Gasteiger partial charge in [0.15, 0.2) is 0 Å². The first-order valence-electron chi connectivity index (χ1n) is 9.64. The number of carbonyl (C=O) groups is 1. The Hall–Kier alpha value is -2.21. The average Bonchev–Trinajstić information content (AvgIpc) is 2.54. The van der Waals surface area contributed by atoms with E-state index in [0.29, 0.717) is 24.1 Å². The van der Waals surface area contributed by atoms with Gasteiger partial charge in [0.25, 0.3) is 5.56 Å². The lowest BCUT2D eigenvalue weighted by Gasteiger charge is -2.41. The third-order valence-corrected chi connectivity index (χ3v) is 5.26. The molecule has 2 aromatic rings. The zero-order valence-corrected chi connectivity index (χ0v) is 16.7. The minimum Gasteiger partial charge on any atom is -0.390 e. The molecule has 1 saturated carbocycles. The lowest BCUT2D eigenvalue weighted by atomic mass is 9.77. The molecule has 1 aromatic heterocycles. The van der Waals surface area contributed by atoms with Gasteiger partial charge in [0.1, 0.15) is 6.54 Å². The molecule has 2 N–H and O–H groups in total. The lowest BCUT2D eigenvalue weighted by Crippen LogP contribution is -2.54. The Morgan fingerprint density at radius 2 is 1.93 bits per heavy atom. The molecular formula is C21H29N3O3. The SMILES string of the molecule is CC(C)c1ccc2c(=O)n(CC(=O)N[C@H]3C[C@@](C)(O)C3)nc(C(C)C)c2c1. The highest BCUT2D eigenvalue weighted by molar-refractivity contribution is 5.85. The van der Waals surface area contributed by atoms with E-state index in [2.05, 4.69) is 24.3 Å². The number of carbonyl (C=O) groups excluding carboxylic acids is 1. The van der Waals surface area contributed by atoms with Crippen LogP contribution in [0.3, 0.4) is 0 Å². The Morgan fingerprint density at radius 3 is 2.48 bits per heavy atom. The summed E-state index contributed by atoms with van der Waals surface area (Å²) >= 11 is 0. The molecule has 0 atom stereocenters. The Morgan fingerprint density at radius 1 is 1.26 bits per heavy atom. The van der Waals surface area contributed by atoms with Crippen molar-refractivity contribution in [2.24, 2.45) is 0 Å². The maximum Gasteiger partial charge on any atom is 0.275 e. The van der Waals surface area contributed by atoms with Crippen molar-refractivity contribution in [2.45, 2.75) is 77.5 Å². The molecule has 0 radical (unpaired) electrons. The van der Waals surface area contributed by atoms with Gasteiger partial charge in [-0.05, 0) is 49.3 Å². The zero-order chi connectivity index (χ0) is 19.9. The average molecular weight is 371 g/mol. The summed E-state index contributed by atoms with van der Waals surface area (Å²) in [7, 11) is 0. The molecule has 6 heteroatoms. The number of nitrogens with zero attached hydrogens (tertiary/aromatic N) is 2. The summed E-state index contributed by atoms with van der Waals surface area (Å²) in [6.45, 7) is 9.95. The fourth-order valence-electron chi connectivity index (χ4n) is 3.73. The molecule has 27 heavy (non-hydrogen) atoms. The number of fused-ring (bicyclic) bond motifs is 1. The van der Waals surface area contributed by atoms with Gasteiger partial charge >= 0.3 is 0 Å². The highest BCUT2D eigenvalue weighted by Crippen LogP contribution is 2.31. The summed E-state index contributed by atoms with van der Waals surface area (Å²) in [5, 5.41) is 18.6. The highest BCUT2D eigenvalue weighted by atomic mass is 16.3. The van der Waals surface area contributed by atoms with Crippen molar-refractivity contribution < 1.29 is 9.90 Å². The van der Waals surface area contributed by atoms with Crippen molar-refractivity contribution in [1.82, 2.24) is 15.1 Å². The van der Waals surface area contributed by atoms with E-state index in [1.807, 2.05) is 32.0 Å². The molecule has 1 heterocycles. The van der Waals surface area contributed by atoms with Crippen LogP contribution in [0.5, 0.6) is 0 Å². The second-order valence-electron chi connectivity index (χ2n) is 8.63. The normalized spacial score (nSPS) is 22.3. The van der Waals surface area contributed by atoms with Crippen molar-refractivity contribution >= 4 is 16.7 Å². The minimum atomic E-state index is -0.699. The number of amides is 1. The second kappa shape index (κ2) is 7.08.